The van der Waals surface area contributed by atoms with Gasteiger partial charge in [0.25, 0.3) is 0 Å². The largest absolute Gasteiger partial charge is 0.477 e. The maximum Gasteiger partial charge on any atom is 0.217 e. The van der Waals surface area contributed by atoms with E-state index in [0.29, 0.717) is 12.4 Å². The van der Waals surface area contributed by atoms with E-state index in [0.717, 1.165) is 23.1 Å². The van der Waals surface area contributed by atoms with Gasteiger partial charge in [0.15, 0.2) is 0 Å². The van der Waals surface area contributed by atoms with Crippen molar-refractivity contribution in [3.8, 4) is 5.88 Å². The van der Waals surface area contributed by atoms with Crippen LogP contribution in [0.15, 0.2) is 16.7 Å². The molecule has 2 N–H and O–H groups in total. The molecular formula is C14H23BrN2O. The fourth-order valence-electron chi connectivity index (χ4n) is 1.80. The van der Waals surface area contributed by atoms with Gasteiger partial charge in [0.05, 0.1) is 6.61 Å². The van der Waals surface area contributed by atoms with Crippen LogP contribution in [0.1, 0.15) is 51.0 Å². The standard InChI is InChI=1S/C14H23BrN2O/c1-2-3-4-5-6-7-8-18-14-12(10-16)9-13(15)11-17-14/h9,11H,2-8,10,16H2,1H3. The molecule has 0 radical (unpaired) electrons. The summed E-state index contributed by atoms with van der Waals surface area (Å²) in [5.41, 5.74) is 6.62. The fourth-order valence-corrected chi connectivity index (χ4v) is 2.17. The Kier molecular flexibility index (Phi) is 8.01. The predicted molar refractivity (Wildman–Crippen MR) is 78.7 cm³/mol. The van der Waals surface area contributed by atoms with Crippen LogP contribution in [0, 0.1) is 0 Å². The summed E-state index contributed by atoms with van der Waals surface area (Å²) in [6.07, 6.45) is 9.33. The van der Waals surface area contributed by atoms with Gasteiger partial charge in [-0.15, -0.1) is 0 Å². The summed E-state index contributed by atoms with van der Waals surface area (Å²) in [5, 5.41) is 0. The Bertz CT molecular complexity index is 345. The quantitative estimate of drug-likeness (QED) is 0.700. The topological polar surface area (TPSA) is 48.1 Å². The summed E-state index contributed by atoms with van der Waals surface area (Å²) in [4.78, 5) is 4.25. The van der Waals surface area contributed by atoms with Crippen LogP contribution in [-0.4, -0.2) is 11.6 Å². The number of aromatic nitrogens is 1. The summed E-state index contributed by atoms with van der Waals surface area (Å²) in [5.74, 6) is 0.675. The minimum atomic E-state index is 0.457. The molecule has 0 fully saturated rings. The third-order valence-corrected chi connectivity index (χ3v) is 3.28. The zero-order valence-corrected chi connectivity index (χ0v) is 12.7. The molecule has 1 rings (SSSR count). The van der Waals surface area contributed by atoms with Gasteiger partial charge in [0.1, 0.15) is 0 Å². The molecule has 0 spiro atoms. The number of ether oxygens (including phenoxy) is 1. The number of nitrogens with two attached hydrogens (primary N) is 1. The van der Waals surface area contributed by atoms with Crippen molar-refractivity contribution >= 4 is 15.9 Å². The maximum atomic E-state index is 5.68. The Morgan fingerprint density at radius 3 is 2.67 bits per heavy atom. The second-order valence-electron chi connectivity index (χ2n) is 4.44. The number of unbranched alkanes of at least 4 members (excludes halogenated alkanes) is 5. The lowest BCUT2D eigenvalue weighted by Crippen LogP contribution is -2.05. The van der Waals surface area contributed by atoms with Crippen LogP contribution in [0.5, 0.6) is 5.88 Å². The van der Waals surface area contributed by atoms with Crippen LogP contribution in [-0.2, 0) is 6.54 Å². The highest BCUT2D eigenvalue weighted by Crippen LogP contribution is 2.19. The van der Waals surface area contributed by atoms with Gasteiger partial charge >= 0.3 is 0 Å². The minimum absolute atomic E-state index is 0.457. The number of nitrogens with zero attached hydrogens (tertiary/aromatic N) is 1. The van der Waals surface area contributed by atoms with E-state index in [1.54, 1.807) is 6.20 Å². The molecule has 0 aliphatic rings. The van der Waals surface area contributed by atoms with Crippen LogP contribution >= 0.6 is 15.9 Å². The lowest BCUT2D eigenvalue weighted by atomic mass is 10.1. The number of halogens is 1. The molecule has 0 aromatic carbocycles. The lowest BCUT2D eigenvalue weighted by Gasteiger charge is -2.09. The number of rotatable bonds is 9. The molecular weight excluding hydrogens is 292 g/mol. The van der Waals surface area contributed by atoms with Crippen molar-refractivity contribution in [2.24, 2.45) is 5.73 Å². The van der Waals surface area contributed by atoms with Gasteiger partial charge in [0, 0.05) is 22.8 Å². The highest BCUT2D eigenvalue weighted by Gasteiger charge is 2.04. The van der Waals surface area contributed by atoms with Gasteiger partial charge in [-0.2, -0.15) is 0 Å². The SMILES string of the molecule is CCCCCCCCOc1ncc(Br)cc1CN. The second-order valence-corrected chi connectivity index (χ2v) is 5.35. The van der Waals surface area contributed by atoms with E-state index in [2.05, 4.69) is 27.8 Å². The van der Waals surface area contributed by atoms with Crippen molar-refractivity contribution in [1.29, 1.82) is 0 Å². The van der Waals surface area contributed by atoms with Crippen molar-refractivity contribution in [1.82, 2.24) is 4.98 Å². The zero-order chi connectivity index (χ0) is 13.2. The van der Waals surface area contributed by atoms with E-state index in [9.17, 15) is 0 Å². The highest BCUT2D eigenvalue weighted by atomic mass is 79.9. The Balaban J connectivity index is 2.22. The first-order valence-corrected chi connectivity index (χ1v) is 7.54. The monoisotopic (exact) mass is 314 g/mol. The van der Waals surface area contributed by atoms with E-state index in [-0.39, 0.29) is 0 Å². The molecule has 1 heterocycles. The van der Waals surface area contributed by atoms with Gasteiger partial charge in [-0.25, -0.2) is 4.98 Å². The van der Waals surface area contributed by atoms with Crippen molar-refractivity contribution in [3.63, 3.8) is 0 Å². The van der Waals surface area contributed by atoms with E-state index < -0.39 is 0 Å². The molecule has 0 saturated heterocycles. The van der Waals surface area contributed by atoms with Gasteiger partial charge in [-0.05, 0) is 28.4 Å². The highest BCUT2D eigenvalue weighted by molar-refractivity contribution is 9.10. The minimum Gasteiger partial charge on any atom is -0.477 e. The van der Waals surface area contributed by atoms with Crippen LogP contribution in [0.2, 0.25) is 0 Å². The molecule has 1 aromatic heterocycles. The molecule has 0 amide bonds. The van der Waals surface area contributed by atoms with E-state index in [4.69, 9.17) is 10.5 Å². The summed E-state index contributed by atoms with van der Waals surface area (Å²) in [6, 6.07) is 1.96. The van der Waals surface area contributed by atoms with Crippen molar-refractivity contribution in [2.75, 3.05) is 6.61 Å². The fraction of sp³-hybridized carbons (Fsp3) is 0.643. The Morgan fingerprint density at radius 1 is 1.22 bits per heavy atom. The summed E-state index contributed by atoms with van der Waals surface area (Å²) >= 11 is 3.38. The Morgan fingerprint density at radius 2 is 1.94 bits per heavy atom. The van der Waals surface area contributed by atoms with Crippen molar-refractivity contribution < 1.29 is 4.74 Å². The van der Waals surface area contributed by atoms with Gasteiger partial charge in [0.2, 0.25) is 5.88 Å². The molecule has 0 unspecified atom stereocenters. The number of hydrogen-bond acceptors (Lipinski definition) is 3. The summed E-state index contributed by atoms with van der Waals surface area (Å²) in [7, 11) is 0. The van der Waals surface area contributed by atoms with Crippen molar-refractivity contribution in [3.05, 3.63) is 22.3 Å². The van der Waals surface area contributed by atoms with Gasteiger partial charge in [-0.1, -0.05) is 39.0 Å². The molecule has 0 aliphatic carbocycles. The first-order valence-electron chi connectivity index (χ1n) is 6.75. The molecule has 0 aliphatic heterocycles. The Labute approximate surface area is 118 Å². The smallest absolute Gasteiger partial charge is 0.217 e. The van der Waals surface area contributed by atoms with E-state index in [1.165, 1.54) is 32.1 Å². The van der Waals surface area contributed by atoms with Gasteiger partial charge < -0.3 is 10.5 Å². The Hall–Kier alpha value is -0.610. The zero-order valence-electron chi connectivity index (χ0n) is 11.1. The van der Waals surface area contributed by atoms with Crippen LogP contribution in [0.3, 0.4) is 0 Å². The molecule has 102 valence electrons. The third-order valence-electron chi connectivity index (χ3n) is 2.85. The molecule has 0 bridgehead atoms. The van der Waals surface area contributed by atoms with Crippen LogP contribution < -0.4 is 10.5 Å². The van der Waals surface area contributed by atoms with Crippen molar-refractivity contribution in [2.45, 2.75) is 52.0 Å². The lowest BCUT2D eigenvalue weighted by molar-refractivity contribution is 0.290. The molecule has 18 heavy (non-hydrogen) atoms. The predicted octanol–water partition coefficient (Wildman–Crippen LogP) is 4.04. The van der Waals surface area contributed by atoms with Gasteiger partial charge in [-0.3, -0.25) is 0 Å². The molecule has 0 atom stereocenters. The summed E-state index contributed by atoms with van der Waals surface area (Å²) in [6.45, 7) is 3.42. The molecule has 0 saturated carbocycles. The number of hydrogen-bond donors (Lipinski definition) is 1. The average Bonchev–Trinajstić information content (AvgIpc) is 2.39. The van der Waals surface area contributed by atoms with E-state index in [1.807, 2.05) is 6.07 Å². The first kappa shape index (κ1) is 15.4. The maximum absolute atomic E-state index is 5.68. The summed E-state index contributed by atoms with van der Waals surface area (Å²) < 4.78 is 6.62. The molecule has 3 nitrogen and oxygen atoms in total. The normalized spacial score (nSPS) is 10.6. The third kappa shape index (κ3) is 5.83. The average molecular weight is 315 g/mol. The first-order chi connectivity index (χ1) is 8.77. The van der Waals surface area contributed by atoms with E-state index >= 15 is 0 Å². The second kappa shape index (κ2) is 9.34. The number of pyridine rings is 1. The van der Waals surface area contributed by atoms with Crippen LogP contribution in [0.4, 0.5) is 0 Å². The molecule has 1 aromatic rings. The van der Waals surface area contributed by atoms with Crippen LogP contribution in [0.25, 0.3) is 0 Å². The molecule has 4 heteroatoms.